The number of ether oxygens (including phenoxy) is 1. The molecule has 1 aliphatic carbocycles. The van der Waals surface area contributed by atoms with Crippen LogP contribution in [0.3, 0.4) is 0 Å². The van der Waals surface area contributed by atoms with Crippen molar-refractivity contribution < 1.29 is 4.74 Å². The van der Waals surface area contributed by atoms with Crippen LogP contribution in [0.2, 0.25) is 0 Å². The van der Waals surface area contributed by atoms with E-state index in [1.165, 1.54) is 42.1 Å². The topological polar surface area (TPSA) is 24.5 Å². The van der Waals surface area contributed by atoms with Gasteiger partial charge in [-0.2, -0.15) is 0 Å². The molecule has 2 aliphatic rings. The Kier molecular flexibility index (Phi) is 5.15. The molecule has 3 nitrogen and oxygen atoms in total. The summed E-state index contributed by atoms with van der Waals surface area (Å²) < 4.78 is 5.48. The Morgan fingerprint density at radius 3 is 2.90 bits per heavy atom. The number of hydrogen-bond donors (Lipinski definition) is 1. The minimum absolute atomic E-state index is 0.553. The molecule has 2 unspecified atom stereocenters. The van der Waals surface area contributed by atoms with Crippen LogP contribution in [-0.4, -0.2) is 32.8 Å². The molecule has 1 N–H and O–H groups in total. The van der Waals surface area contributed by atoms with E-state index < -0.39 is 0 Å². The third-order valence-corrected chi connectivity index (χ3v) is 6.78. The first kappa shape index (κ1) is 18.5. The largest absolute Gasteiger partial charge is 0.497 e. The quantitative estimate of drug-likeness (QED) is 0.657. The first-order valence-corrected chi connectivity index (χ1v) is 10.9. The normalized spacial score (nSPS) is 21.3. The maximum absolute atomic E-state index is 5.48. The van der Waals surface area contributed by atoms with Gasteiger partial charge in [0.25, 0.3) is 0 Å². The summed E-state index contributed by atoms with van der Waals surface area (Å²) in [6.07, 6.45) is 5.09. The average Bonchev–Trinajstić information content (AvgIpc) is 3.20. The van der Waals surface area contributed by atoms with Crippen molar-refractivity contribution in [2.24, 2.45) is 0 Å². The van der Waals surface area contributed by atoms with Crippen LogP contribution in [0.4, 0.5) is 5.69 Å². The van der Waals surface area contributed by atoms with Crippen molar-refractivity contribution in [2.75, 3.05) is 31.6 Å². The minimum atomic E-state index is 0.553. The second kappa shape index (κ2) is 8.08. The molecule has 1 saturated heterocycles. The van der Waals surface area contributed by atoms with Crippen molar-refractivity contribution in [3.05, 3.63) is 71.8 Å². The molecule has 5 rings (SSSR count). The van der Waals surface area contributed by atoms with Gasteiger partial charge >= 0.3 is 0 Å². The number of nitrogens with one attached hydrogen (secondary N) is 1. The van der Waals surface area contributed by atoms with E-state index in [0.29, 0.717) is 6.04 Å². The van der Waals surface area contributed by atoms with Gasteiger partial charge in [-0.15, -0.1) is 0 Å². The lowest BCUT2D eigenvalue weighted by molar-refractivity contribution is 0.408. The average molecular weight is 387 g/mol. The summed E-state index contributed by atoms with van der Waals surface area (Å²) in [6.45, 7) is 3.18. The van der Waals surface area contributed by atoms with Gasteiger partial charge < -0.3 is 15.0 Å². The van der Waals surface area contributed by atoms with Crippen LogP contribution in [0, 0.1) is 0 Å². The Balaban J connectivity index is 1.30. The molecule has 2 atom stereocenters. The zero-order valence-corrected chi connectivity index (χ0v) is 17.2. The Morgan fingerprint density at radius 1 is 1.03 bits per heavy atom. The summed E-state index contributed by atoms with van der Waals surface area (Å²) in [4.78, 5) is 2.56. The molecule has 0 radical (unpaired) electrons. The van der Waals surface area contributed by atoms with Gasteiger partial charge in [-0.3, -0.25) is 0 Å². The lowest BCUT2D eigenvalue weighted by atomic mass is 9.93. The van der Waals surface area contributed by atoms with Crippen molar-refractivity contribution in [2.45, 2.75) is 37.6 Å². The Morgan fingerprint density at radius 2 is 1.97 bits per heavy atom. The van der Waals surface area contributed by atoms with Gasteiger partial charge in [-0.25, -0.2) is 0 Å². The molecule has 0 aromatic heterocycles. The van der Waals surface area contributed by atoms with Crippen LogP contribution in [0.15, 0.2) is 60.7 Å². The third kappa shape index (κ3) is 3.72. The van der Waals surface area contributed by atoms with Crippen LogP contribution >= 0.6 is 0 Å². The predicted octanol–water partition coefficient (Wildman–Crippen LogP) is 5.14. The molecule has 3 heteroatoms. The second-order valence-corrected chi connectivity index (χ2v) is 8.47. The minimum Gasteiger partial charge on any atom is -0.497 e. The Hall–Kier alpha value is -2.52. The van der Waals surface area contributed by atoms with Gasteiger partial charge in [0.05, 0.1) is 7.11 Å². The summed E-state index contributed by atoms with van der Waals surface area (Å²) in [5.74, 6) is 1.67. The molecule has 150 valence electrons. The summed E-state index contributed by atoms with van der Waals surface area (Å²) in [7, 11) is 1.74. The molecule has 0 spiro atoms. The van der Waals surface area contributed by atoms with Gasteiger partial charge in [-0.05, 0) is 66.3 Å². The zero-order chi connectivity index (χ0) is 19.6. The number of fused-ring (bicyclic) bond motifs is 2. The van der Waals surface area contributed by atoms with Crippen molar-refractivity contribution in [1.82, 2.24) is 5.32 Å². The van der Waals surface area contributed by atoms with Gasteiger partial charge in [0.15, 0.2) is 0 Å². The number of methoxy groups -OCH3 is 1. The monoisotopic (exact) mass is 386 g/mol. The summed E-state index contributed by atoms with van der Waals surface area (Å²) in [5, 5.41) is 6.34. The molecule has 3 aromatic carbocycles. The van der Waals surface area contributed by atoms with Crippen molar-refractivity contribution in [3.8, 4) is 5.75 Å². The standard InChI is InChI=1S/C26H30N2O/c1-29-23-14-12-20-6-4-8-26(25(20)17-23)28-16-15-27-22(18-28)13-11-21-10-9-19-5-2-3-7-24(19)21/h2-8,12,14,17,21-22,27H,9-11,13,15-16,18H2,1H3. The lowest BCUT2D eigenvalue weighted by Gasteiger charge is -2.36. The molecule has 0 bridgehead atoms. The molecular weight excluding hydrogens is 356 g/mol. The van der Waals surface area contributed by atoms with Crippen LogP contribution in [0.5, 0.6) is 5.75 Å². The fourth-order valence-electron chi connectivity index (χ4n) is 5.22. The number of benzene rings is 3. The number of nitrogens with zero attached hydrogens (tertiary/aromatic N) is 1. The van der Waals surface area contributed by atoms with Crippen LogP contribution in [-0.2, 0) is 6.42 Å². The molecule has 0 amide bonds. The maximum Gasteiger partial charge on any atom is 0.119 e. The maximum atomic E-state index is 5.48. The van der Waals surface area contributed by atoms with Crippen LogP contribution < -0.4 is 15.0 Å². The van der Waals surface area contributed by atoms with Gasteiger partial charge in [-0.1, -0.05) is 42.5 Å². The molecule has 3 aromatic rings. The third-order valence-electron chi connectivity index (χ3n) is 6.78. The van der Waals surface area contributed by atoms with E-state index in [2.05, 4.69) is 64.8 Å². The number of hydrogen-bond acceptors (Lipinski definition) is 3. The number of aryl methyl sites for hydroxylation is 1. The van der Waals surface area contributed by atoms with E-state index in [4.69, 9.17) is 4.74 Å². The first-order chi connectivity index (χ1) is 14.3. The van der Waals surface area contributed by atoms with Crippen molar-refractivity contribution >= 4 is 16.5 Å². The predicted molar refractivity (Wildman–Crippen MR) is 121 cm³/mol. The highest BCUT2D eigenvalue weighted by molar-refractivity contribution is 5.95. The van der Waals surface area contributed by atoms with Crippen LogP contribution in [0.25, 0.3) is 10.8 Å². The number of piperazine rings is 1. The fourth-order valence-corrected chi connectivity index (χ4v) is 5.22. The van der Waals surface area contributed by atoms with E-state index in [1.54, 1.807) is 18.2 Å². The van der Waals surface area contributed by atoms with E-state index in [0.717, 1.165) is 31.3 Å². The first-order valence-electron chi connectivity index (χ1n) is 10.9. The second-order valence-electron chi connectivity index (χ2n) is 8.47. The smallest absolute Gasteiger partial charge is 0.119 e. The van der Waals surface area contributed by atoms with Crippen LogP contribution in [0.1, 0.15) is 36.3 Å². The molecule has 1 heterocycles. The lowest BCUT2D eigenvalue weighted by Crippen LogP contribution is -2.50. The highest BCUT2D eigenvalue weighted by Crippen LogP contribution is 2.37. The number of rotatable bonds is 5. The molecule has 0 saturated carbocycles. The zero-order valence-electron chi connectivity index (χ0n) is 17.2. The molecule has 1 fully saturated rings. The van der Waals surface area contributed by atoms with E-state index in [9.17, 15) is 0 Å². The van der Waals surface area contributed by atoms with E-state index >= 15 is 0 Å². The summed E-state index contributed by atoms with van der Waals surface area (Å²) in [6, 6.07) is 22.6. The van der Waals surface area contributed by atoms with Crippen molar-refractivity contribution in [3.63, 3.8) is 0 Å². The van der Waals surface area contributed by atoms with Crippen molar-refractivity contribution in [1.29, 1.82) is 0 Å². The summed E-state index contributed by atoms with van der Waals surface area (Å²) in [5.41, 5.74) is 4.50. The molecule has 1 aliphatic heterocycles. The fraction of sp³-hybridized carbons (Fsp3) is 0.385. The van der Waals surface area contributed by atoms with E-state index in [1.807, 2.05) is 6.07 Å². The Bertz CT molecular complexity index is 999. The van der Waals surface area contributed by atoms with Gasteiger partial charge in [0, 0.05) is 36.7 Å². The number of anilines is 1. The molecule has 29 heavy (non-hydrogen) atoms. The highest BCUT2D eigenvalue weighted by atomic mass is 16.5. The summed E-state index contributed by atoms with van der Waals surface area (Å²) >= 11 is 0. The molecular formula is C26H30N2O. The van der Waals surface area contributed by atoms with Gasteiger partial charge in [0.2, 0.25) is 0 Å². The Labute approximate surface area is 173 Å². The van der Waals surface area contributed by atoms with Gasteiger partial charge in [0.1, 0.15) is 5.75 Å². The van der Waals surface area contributed by atoms with E-state index in [-0.39, 0.29) is 0 Å². The highest BCUT2D eigenvalue weighted by Gasteiger charge is 2.25. The SMILES string of the molecule is COc1ccc2cccc(N3CCNC(CCC4CCc5ccccc54)C3)c2c1.